The highest BCUT2D eigenvalue weighted by molar-refractivity contribution is 5.99. The van der Waals surface area contributed by atoms with E-state index in [1.807, 2.05) is 47.4 Å². The maximum Gasteiger partial charge on any atom is 0.231 e. The number of nitrogen functional groups attached to an aromatic ring is 1. The molecule has 8 nitrogen and oxygen atoms in total. The molecule has 1 aliphatic rings. The van der Waals surface area contributed by atoms with Gasteiger partial charge < -0.3 is 16.0 Å². The lowest BCUT2D eigenvalue weighted by molar-refractivity contribution is -0.118. The molecule has 1 unspecified atom stereocenters. The summed E-state index contributed by atoms with van der Waals surface area (Å²) in [6.45, 7) is 0.518. The molecule has 3 heterocycles. The highest BCUT2D eigenvalue weighted by atomic mass is 16.2. The number of para-hydroxylation sites is 1. The zero-order valence-electron chi connectivity index (χ0n) is 18.4. The Labute approximate surface area is 195 Å². The molecular weight excluding hydrogens is 426 g/mol. The monoisotopic (exact) mass is 449 g/mol. The largest absolute Gasteiger partial charge is 0.368 e. The molecular formula is C26H23N7O. The first kappa shape index (κ1) is 20.2. The summed E-state index contributed by atoms with van der Waals surface area (Å²) < 4.78 is 0. The van der Waals surface area contributed by atoms with Crippen LogP contribution in [-0.4, -0.2) is 38.7 Å². The third-order valence-corrected chi connectivity index (χ3v) is 6.34. The molecule has 0 bridgehead atoms. The van der Waals surface area contributed by atoms with Crippen molar-refractivity contribution in [3.63, 3.8) is 0 Å². The molecule has 6 rings (SSSR count). The first-order valence-corrected chi connectivity index (χ1v) is 11.2. The minimum Gasteiger partial charge on any atom is -0.368 e. The smallest absolute Gasteiger partial charge is 0.231 e. The molecule has 168 valence electrons. The number of nitrogens with two attached hydrogens (primary N) is 1. The molecule has 0 radical (unpaired) electrons. The van der Waals surface area contributed by atoms with E-state index in [1.54, 1.807) is 6.20 Å². The topological polar surface area (TPSA) is 113 Å². The first-order chi connectivity index (χ1) is 16.7. The van der Waals surface area contributed by atoms with Gasteiger partial charge in [-0.15, -0.1) is 0 Å². The summed E-state index contributed by atoms with van der Waals surface area (Å²) in [6.07, 6.45) is 2.77. The second kappa shape index (κ2) is 8.15. The molecule has 5 aromatic rings. The lowest BCUT2D eigenvalue weighted by atomic mass is 9.96. The maximum atomic E-state index is 13.6. The first-order valence-electron chi connectivity index (χ1n) is 11.2. The highest BCUT2D eigenvalue weighted by Crippen LogP contribution is 2.30. The van der Waals surface area contributed by atoms with Gasteiger partial charge in [0.1, 0.15) is 5.82 Å². The van der Waals surface area contributed by atoms with Gasteiger partial charge in [0.15, 0.2) is 5.65 Å². The van der Waals surface area contributed by atoms with Crippen molar-refractivity contribution in [2.45, 2.75) is 18.9 Å². The predicted octanol–water partition coefficient (Wildman–Crippen LogP) is 3.70. The van der Waals surface area contributed by atoms with E-state index in [0.717, 1.165) is 39.4 Å². The van der Waals surface area contributed by atoms with E-state index in [1.165, 1.54) is 0 Å². The van der Waals surface area contributed by atoms with Crippen molar-refractivity contribution < 1.29 is 4.79 Å². The molecule has 0 fully saturated rings. The zero-order chi connectivity index (χ0) is 23.1. The van der Waals surface area contributed by atoms with E-state index in [-0.39, 0.29) is 17.9 Å². The number of hydrogen-bond acceptors (Lipinski definition) is 6. The quantitative estimate of drug-likeness (QED) is 0.386. The van der Waals surface area contributed by atoms with Crippen LogP contribution >= 0.6 is 0 Å². The Bertz CT molecular complexity index is 1520. The fourth-order valence-electron chi connectivity index (χ4n) is 4.79. The van der Waals surface area contributed by atoms with E-state index >= 15 is 0 Å². The zero-order valence-corrected chi connectivity index (χ0v) is 18.4. The number of nitrogens with one attached hydrogen (secondary N) is 2. The number of benzene rings is 3. The van der Waals surface area contributed by atoms with Gasteiger partial charge in [-0.05, 0) is 34.4 Å². The molecule has 34 heavy (non-hydrogen) atoms. The van der Waals surface area contributed by atoms with Gasteiger partial charge in [0.25, 0.3) is 0 Å². The van der Waals surface area contributed by atoms with Crippen molar-refractivity contribution in [2.24, 2.45) is 0 Å². The average Bonchev–Trinajstić information content (AvgIpc) is 3.32. The van der Waals surface area contributed by atoms with Crippen LogP contribution in [-0.2, 0) is 17.6 Å². The number of aromatic amines is 1. The summed E-state index contributed by atoms with van der Waals surface area (Å²) in [4.78, 5) is 24.1. The summed E-state index contributed by atoms with van der Waals surface area (Å²) in [6, 6.07) is 22.3. The van der Waals surface area contributed by atoms with Crippen molar-refractivity contribution in [1.29, 1.82) is 0 Å². The molecule has 1 aliphatic heterocycles. The fourth-order valence-corrected chi connectivity index (χ4v) is 4.79. The Kier molecular flexibility index (Phi) is 4.83. The van der Waals surface area contributed by atoms with Gasteiger partial charge in [-0.3, -0.25) is 9.89 Å². The van der Waals surface area contributed by atoms with Crippen molar-refractivity contribution in [3.05, 3.63) is 84.1 Å². The van der Waals surface area contributed by atoms with Crippen molar-refractivity contribution in [3.8, 4) is 0 Å². The molecule has 3 aromatic carbocycles. The van der Waals surface area contributed by atoms with Crippen LogP contribution < -0.4 is 16.0 Å². The van der Waals surface area contributed by atoms with Crippen LogP contribution in [0.2, 0.25) is 0 Å². The SMILES string of the molecule is Nc1nc(NC2Cc3ccccc3N(C(=O)Cc3cccc4ccccc34)C2)c2cn[nH]c2n1. The average molecular weight is 450 g/mol. The van der Waals surface area contributed by atoms with Gasteiger partial charge in [0.05, 0.1) is 18.0 Å². The summed E-state index contributed by atoms with van der Waals surface area (Å²) in [7, 11) is 0. The third kappa shape index (κ3) is 3.59. The molecule has 0 saturated heterocycles. The van der Waals surface area contributed by atoms with Crippen LogP contribution in [0.3, 0.4) is 0 Å². The molecule has 0 saturated carbocycles. The number of anilines is 3. The number of fused-ring (bicyclic) bond motifs is 3. The lowest BCUT2D eigenvalue weighted by Crippen LogP contribution is -2.46. The second-order valence-corrected chi connectivity index (χ2v) is 8.56. The second-order valence-electron chi connectivity index (χ2n) is 8.56. The van der Waals surface area contributed by atoms with Gasteiger partial charge in [0.2, 0.25) is 11.9 Å². The van der Waals surface area contributed by atoms with Gasteiger partial charge in [-0.25, -0.2) is 0 Å². The summed E-state index contributed by atoms with van der Waals surface area (Å²) in [5.41, 5.74) is 9.58. The Morgan fingerprint density at radius 3 is 2.79 bits per heavy atom. The standard InChI is InChI=1S/C26H23N7O/c27-26-30-24(21-14-28-32-25(21)31-26)29-19-12-18-7-2-4-11-22(18)33(15-19)23(34)13-17-9-5-8-16-6-1-3-10-20(16)17/h1-11,14,19H,12-13,15H2,(H4,27,28,29,30,31,32). The van der Waals surface area contributed by atoms with Gasteiger partial charge in [-0.1, -0.05) is 60.7 Å². The number of carbonyl (C=O) groups excluding carboxylic acids is 1. The summed E-state index contributed by atoms with van der Waals surface area (Å²) in [5, 5.41) is 13.4. The van der Waals surface area contributed by atoms with Crippen LogP contribution in [0.25, 0.3) is 21.8 Å². The summed E-state index contributed by atoms with van der Waals surface area (Å²) >= 11 is 0. The number of aromatic nitrogens is 4. The maximum absolute atomic E-state index is 13.6. The van der Waals surface area contributed by atoms with Crippen LogP contribution in [0.5, 0.6) is 0 Å². The van der Waals surface area contributed by atoms with E-state index < -0.39 is 0 Å². The lowest BCUT2D eigenvalue weighted by Gasteiger charge is -2.35. The molecule has 1 atom stereocenters. The van der Waals surface area contributed by atoms with Crippen molar-refractivity contribution in [2.75, 3.05) is 22.5 Å². The van der Waals surface area contributed by atoms with Gasteiger partial charge in [-0.2, -0.15) is 15.1 Å². The minimum atomic E-state index is -0.0428. The number of nitrogens with zero attached hydrogens (tertiary/aromatic N) is 4. The molecule has 1 amide bonds. The number of hydrogen-bond donors (Lipinski definition) is 3. The van der Waals surface area contributed by atoms with Gasteiger partial charge >= 0.3 is 0 Å². The Hall–Kier alpha value is -4.46. The molecule has 4 N–H and O–H groups in total. The van der Waals surface area contributed by atoms with Crippen LogP contribution in [0.15, 0.2) is 72.9 Å². The highest BCUT2D eigenvalue weighted by Gasteiger charge is 2.29. The van der Waals surface area contributed by atoms with Crippen LogP contribution in [0, 0.1) is 0 Å². The van der Waals surface area contributed by atoms with Crippen molar-refractivity contribution >= 4 is 45.2 Å². The van der Waals surface area contributed by atoms with Gasteiger partial charge in [0, 0.05) is 18.3 Å². The molecule has 2 aromatic heterocycles. The fraction of sp³-hybridized carbons (Fsp3) is 0.154. The van der Waals surface area contributed by atoms with Crippen LogP contribution in [0.4, 0.5) is 17.5 Å². The minimum absolute atomic E-state index is 0.0428. The number of H-pyrrole nitrogens is 1. The summed E-state index contributed by atoms with van der Waals surface area (Å²) in [5.74, 6) is 0.840. The van der Waals surface area contributed by atoms with E-state index in [2.05, 4.69) is 49.7 Å². The Balaban J connectivity index is 1.31. The molecule has 0 aliphatic carbocycles. The van der Waals surface area contributed by atoms with Crippen molar-refractivity contribution in [1.82, 2.24) is 20.2 Å². The van der Waals surface area contributed by atoms with Crippen LogP contribution in [0.1, 0.15) is 11.1 Å². The number of amides is 1. The number of rotatable bonds is 4. The van der Waals surface area contributed by atoms with E-state index in [0.29, 0.717) is 24.4 Å². The normalized spacial score (nSPS) is 15.4. The Morgan fingerprint density at radius 1 is 1.03 bits per heavy atom. The predicted molar refractivity (Wildman–Crippen MR) is 134 cm³/mol. The molecule has 8 heteroatoms. The Morgan fingerprint density at radius 2 is 1.85 bits per heavy atom. The molecule has 0 spiro atoms. The number of carbonyl (C=O) groups is 1. The van der Waals surface area contributed by atoms with E-state index in [9.17, 15) is 4.79 Å². The van der Waals surface area contributed by atoms with E-state index in [4.69, 9.17) is 5.73 Å². The third-order valence-electron chi connectivity index (χ3n) is 6.34.